The Morgan fingerprint density at radius 1 is 1.64 bits per heavy atom. The number of carbonyl (C=O) groups is 1. The first-order valence-electron chi connectivity index (χ1n) is 3.71. The molecule has 7 heteroatoms. The summed E-state index contributed by atoms with van der Waals surface area (Å²) in [7, 11) is 1.48. The van der Waals surface area contributed by atoms with E-state index in [9.17, 15) is 4.79 Å². The summed E-state index contributed by atoms with van der Waals surface area (Å²) in [5.41, 5.74) is 5.67. The van der Waals surface area contributed by atoms with Crippen molar-refractivity contribution < 1.29 is 9.53 Å². The van der Waals surface area contributed by atoms with E-state index in [0.717, 1.165) is 0 Å². The summed E-state index contributed by atoms with van der Waals surface area (Å²) in [6.45, 7) is 0. The van der Waals surface area contributed by atoms with E-state index in [0.29, 0.717) is 16.6 Å². The van der Waals surface area contributed by atoms with Crippen LogP contribution >= 0.6 is 11.8 Å². The van der Waals surface area contributed by atoms with Gasteiger partial charge in [-0.1, -0.05) is 11.8 Å². The number of anilines is 1. The highest BCUT2D eigenvalue weighted by molar-refractivity contribution is 8.01. The first kappa shape index (κ1) is 9.07. The maximum absolute atomic E-state index is 11.0. The van der Waals surface area contributed by atoms with Crippen molar-refractivity contribution in [3.05, 3.63) is 12.2 Å². The molecule has 0 saturated heterocycles. The topological polar surface area (TPSA) is 81.3 Å². The van der Waals surface area contributed by atoms with Gasteiger partial charge in [0.1, 0.15) is 22.9 Å². The van der Waals surface area contributed by atoms with Crippen LogP contribution < -0.4 is 15.4 Å². The number of thioether (sulfide) groups is 1. The summed E-state index contributed by atoms with van der Waals surface area (Å²) >= 11 is 1.30. The lowest BCUT2D eigenvalue weighted by Crippen LogP contribution is -2.31. The number of carbonyl (C=O) groups excluding carboxylic acids is 1. The van der Waals surface area contributed by atoms with Crippen LogP contribution in [0.4, 0.5) is 10.5 Å². The summed E-state index contributed by atoms with van der Waals surface area (Å²) < 4.78 is 5.00. The van der Waals surface area contributed by atoms with Crippen LogP contribution in [-0.4, -0.2) is 23.1 Å². The van der Waals surface area contributed by atoms with E-state index in [4.69, 9.17) is 10.5 Å². The Morgan fingerprint density at radius 3 is 3.07 bits per heavy atom. The largest absolute Gasteiger partial charge is 0.479 e. The standard InChI is InChI=1S/C7H7N4O2S/c1-13-5-4-6(10-2-9-5)14-3-11(4)7(8)12/h2-3H,1H3,(H2,8,12). The first-order chi connectivity index (χ1) is 6.74. The van der Waals surface area contributed by atoms with Crippen LogP contribution in [-0.2, 0) is 0 Å². The molecule has 0 spiro atoms. The summed E-state index contributed by atoms with van der Waals surface area (Å²) in [6.07, 6.45) is 1.38. The Hall–Kier alpha value is -1.50. The lowest BCUT2D eigenvalue weighted by atomic mass is 10.4. The van der Waals surface area contributed by atoms with Crippen molar-refractivity contribution in [2.75, 3.05) is 12.0 Å². The fraction of sp³-hybridized carbons (Fsp3) is 0.143. The monoisotopic (exact) mass is 211 g/mol. The Morgan fingerprint density at radius 2 is 2.43 bits per heavy atom. The third kappa shape index (κ3) is 1.25. The number of hydrogen-bond donors (Lipinski definition) is 1. The van der Waals surface area contributed by atoms with Gasteiger partial charge < -0.3 is 10.5 Å². The molecular weight excluding hydrogens is 204 g/mol. The average Bonchev–Trinajstić information content (AvgIpc) is 2.60. The van der Waals surface area contributed by atoms with Crippen LogP contribution in [0.1, 0.15) is 0 Å². The van der Waals surface area contributed by atoms with Gasteiger partial charge in [-0.05, 0) is 0 Å². The van der Waals surface area contributed by atoms with Crippen LogP contribution in [0.3, 0.4) is 0 Å². The molecule has 0 fully saturated rings. The maximum Gasteiger partial charge on any atom is 0.320 e. The molecule has 73 valence electrons. The molecule has 1 aromatic rings. The molecule has 2 rings (SSSR count). The van der Waals surface area contributed by atoms with Crippen LogP contribution in [0, 0.1) is 5.88 Å². The van der Waals surface area contributed by atoms with Crippen molar-refractivity contribution in [2.24, 2.45) is 5.73 Å². The predicted molar refractivity (Wildman–Crippen MR) is 50.8 cm³/mol. The highest BCUT2D eigenvalue weighted by atomic mass is 32.2. The SMILES string of the molecule is COc1ncnc2c1N(C(N)=O)[CH]S2. The van der Waals surface area contributed by atoms with E-state index in [1.54, 1.807) is 5.88 Å². The second-order valence-corrected chi connectivity index (χ2v) is 3.30. The van der Waals surface area contributed by atoms with Gasteiger partial charge >= 0.3 is 6.03 Å². The Kier molecular flexibility index (Phi) is 2.16. The smallest absolute Gasteiger partial charge is 0.320 e. The molecular formula is C7H7N4O2S. The molecule has 0 aromatic carbocycles. The molecule has 1 aliphatic rings. The molecule has 6 nitrogen and oxygen atoms in total. The van der Waals surface area contributed by atoms with Gasteiger partial charge in [0.15, 0.2) is 0 Å². The Balaban J connectivity index is 2.50. The number of nitrogens with zero attached hydrogens (tertiary/aromatic N) is 3. The van der Waals surface area contributed by atoms with Gasteiger partial charge in [-0.3, -0.25) is 4.90 Å². The van der Waals surface area contributed by atoms with Gasteiger partial charge in [-0.25, -0.2) is 9.78 Å². The molecule has 0 saturated carbocycles. The minimum Gasteiger partial charge on any atom is -0.479 e. The van der Waals surface area contributed by atoms with Crippen molar-refractivity contribution in [3.8, 4) is 5.88 Å². The number of methoxy groups -OCH3 is 1. The van der Waals surface area contributed by atoms with Crippen molar-refractivity contribution in [3.63, 3.8) is 0 Å². The van der Waals surface area contributed by atoms with E-state index < -0.39 is 6.03 Å². The molecule has 1 radical (unpaired) electrons. The molecule has 2 N–H and O–H groups in total. The number of urea groups is 1. The molecule has 2 amide bonds. The lowest BCUT2D eigenvalue weighted by Gasteiger charge is -2.13. The van der Waals surface area contributed by atoms with E-state index in [1.807, 2.05) is 0 Å². The van der Waals surface area contributed by atoms with Crippen LogP contribution in [0.15, 0.2) is 11.4 Å². The summed E-state index contributed by atoms with van der Waals surface area (Å²) in [6, 6.07) is -0.579. The number of fused-ring (bicyclic) bond motifs is 1. The molecule has 0 bridgehead atoms. The molecule has 1 aromatic heterocycles. The van der Waals surface area contributed by atoms with Gasteiger partial charge in [0.2, 0.25) is 5.88 Å². The third-order valence-electron chi connectivity index (χ3n) is 1.70. The fourth-order valence-corrected chi connectivity index (χ4v) is 1.93. The number of aromatic nitrogens is 2. The first-order valence-corrected chi connectivity index (χ1v) is 4.59. The minimum absolute atomic E-state index is 0.343. The van der Waals surface area contributed by atoms with E-state index in [1.165, 1.54) is 30.1 Å². The number of primary amides is 1. The number of rotatable bonds is 1. The third-order valence-corrected chi connectivity index (χ3v) is 2.53. The number of hydrogen-bond acceptors (Lipinski definition) is 5. The van der Waals surface area contributed by atoms with E-state index in [2.05, 4.69) is 9.97 Å². The predicted octanol–water partition coefficient (Wildman–Crippen LogP) is 0.595. The molecule has 0 aliphatic carbocycles. The highest BCUT2D eigenvalue weighted by Crippen LogP contribution is 2.43. The number of amides is 2. The number of nitrogens with two attached hydrogens (primary N) is 1. The zero-order chi connectivity index (χ0) is 10.1. The second kappa shape index (κ2) is 3.33. The fourth-order valence-electron chi connectivity index (χ4n) is 1.11. The number of ether oxygens (including phenoxy) is 1. The summed E-state index contributed by atoms with van der Waals surface area (Å²) in [4.78, 5) is 20.2. The van der Waals surface area contributed by atoms with Crippen molar-refractivity contribution >= 4 is 23.5 Å². The quantitative estimate of drug-likeness (QED) is 0.688. The van der Waals surface area contributed by atoms with Gasteiger partial charge in [0.05, 0.1) is 7.11 Å². The normalized spacial score (nSPS) is 13.9. The van der Waals surface area contributed by atoms with Gasteiger partial charge in [0.25, 0.3) is 0 Å². The Bertz CT molecular complexity index is 384. The molecule has 0 unspecified atom stereocenters. The van der Waals surface area contributed by atoms with Gasteiger partial charge in [-0.15, -0.1) is 0 Å². The molecule has 2 heterocycles. The van der Waals surface area contributed by atoms with E-state index >= 15 is 0 Å². The second-order valence-electron chi connectivity index (χ2n) is 2.47. The zero-order valence-corrected chi connectivity index (χ0v) is 8.11. The summed E-state index contributed by atoms with van der Waals surface area (Å²) in [5.74, 6) is 1.92. The lowest BCUT2D eigenvalue weighted by molar-refractivity contribution is 0.255. The van der Waals surface area contributed by atoms with Crippen LogP contribution in [0.25, 0.3) is 0 Å². The summed E-state index contributed by atoms with van der Waals surface area (Å²) in [5, 5.41) is 0.663. The van der Waals surface area contributed by atoms with Crippen molar-refractivity contribution in [2.45, 2.75) is 5.03 Å². The highest BCUT2D eigenvalue weighted by Gasteiger charge is 2.29. The average molecular weight is 211 g/mol. The molecule has 0 atom stereocenters. The Labute approximate surface area is 84.5 Å². The van der Waals surface area contributed by atoms with Crippen molar-refractivity contribution in [1.29, 1.82) is 0 Å². The van der Waals surface area contributed by atoms with E-state index in [-0.39, 0.29) is 0 Å². The maximum atomic E-state index is 11.0. The van der Waals surface area contributed by atoms with Crippen LogP contribution in [0.5, 0.6) is 5.88 Å². The van der Waals surface area contributed by atoms with Gasteiger partial charge in [-0.2, -0.15) is 4.98 Å². The zero-order valence-electron chi connectivity index (χ0n) is 7.30. The van der Waals surface area contributed by atoms with Gasteiger partial charge in [0, 0.05) is 0 Å². The minimum atomic E-state index is -0.579. The van der Waals surface area contributed by atoms with Crippen molar-refractivity contribution in [1.82, 2.24) is 9.97 Å². The molecule has 14 heavy (non-hydrogen) atoms. The van der Waals surface area contributed by atoms with Crippen LogP contribution in [0.2, 0.25) is 0 Å². The molecule has 1 aliphatic heterocycles.